The average molecular weight is 198 g/mol. The van der Waals surface area contributed by atoms with Gasteiger partial charge in [0, 0.05) is 13.5 Å². The third-order valence-electron chi connectivity index (χ3n) is 3.87. The van der Waals surface area contributed by atoms with E-state index in [-0.39, 0.29) is 17.8 Å². The summed E-state index contributed by atoms with van der Waals surface area (Å²) in [5.74, 6) is -1.10. The third kappa shape index (κ3) is 1.03. The van der Waals surface area contributed by atoms with Crippen LogP contribution in [0.2, 0.25) is 0 Å². The molecule has 3 aliphatic carbocycles. The lowest BCUT2D eigenvalue weighted by Gasteiger charge is -2.48. The zero-order valence-electron chi connectivity index (χ0n) is 8.21. The molecule has 0 atom stereocenters. The van der Waals surface area contributed by atoms with Crippen LogP contribution in [0.25, 0.3) is 0 Å². The van der Waals surface area contributed by atoms with Crippen molar-refractivity contribution in [3.63, 3.8) is 0 Å². The van der Waals surface area contributed by atoms with Gasteiger partial charge in [-0.05, 0) is 25.7 Å². The molecule has 3 fully saturated rings. The molecule has 0 saturated heterocycles. The van der Waals surface area contributed by atoms with E-state index >= 15 is 0 Å². The van der Waals surface area contributed by atoms with Crippen molar-refractivity contribution in [3.05, 3.63) is 0 Å². The summed E-state index contributed by atoms with van der Waals surface area (Å²) in [5.41, 5.74) is -1.44. The molecule has 0 heterocycles. The third-order valence-corrected chi connectivity index (χ3v) is 3.87. The Hall–Kier alpha value is -0.900. The van der Waals surface area contributed by atoms with Crippen LogP contribution in [-0.4, -0.2) is 29.6 Å². The van der Waals surface area contributed by atoms with Crippen molar-refractivity contribution in [3.8, 4) is 0 Å². The number of Topliss-reactive ketones (excluding diaryl/α,β-unsaturated/α-hetero) is 1. The van der Waals surface area contributed by atoms with Gasteiger partial charge in [0.05, 0.1) is 5.60 Å². The van der Waals surface area contributed by atoms with Gasteiger partial charge in [0.25, 0.3) is 0 Å². The minimum Gasteiger partial charge on any atom is -0.480 e. The summed E-state index contributed by atoms with van der Waals surface area (Å²) in [5, 5.41) is 9.08. The molecular weight excluding hydrogens is 184 g/mol. The lowest BCUT2D eigenvalue weighted by atomic mass is 9.58. The molecule has 0 aliphatic heterocycles. The molecule has 0 aromatic rings. The second kappa shape index (κ2) is 2.79. The first kappa shape index (κ1) is 9.65. The number of ketones is 1. The number of hydrogen-bond donors (Lipinski definition) is 1. The van der Waals surface area contributed by atoms with Crippen LogP contribution >= 0.6 is 0 Å². The smallest absolute Gasteiger partial charge is 0.317 e. The van der Waals surface area contributed by atoms with Crippen molar-refractivity contribution in [1.29, 1.82) is 0 Å². The predicted molar refractivity (Wildman–Crippen MR) is 47.9 cm³/mol. The highest BCUT2D eigenvalue weighted by Crippen LogP contribution is 2.51. The fourth-order valence-electron chi connectivity index (χ4n) is 2.66. The molecule has 3 saturated carbocycles. The SMILES string of the molecule is COC12CCC(C(=O)O)(CC1)C(=O)C2. The first-order valence-electron chi connectivity index (χ1n) is 4.87. The van der Waals surface area contributed by atoms with E-state index in [2.05, 4.69) is 0 Å². The maximum absolute atomic E-state index is 11.7. The molecule has 1 N–H and O–H groups in total. The fourth-order valence-corrected chi connectivity index (χ4v) is 2.66. The lowest BCUT2D eigenvalue weighted by Crippen LogP contribution is -2.56. The van der Waals surface area contributed by atoms with E-state index in [1.807, 2.05) is 0 Å². The quantitative estimate of drug-likeness (QED) is 0.672. The predicted octanol–water partition coefficient (Wildman–Crippen LogP) is 0.989. The van der Waals surface area contributed by atoms with Gasteiger partial charge in [0.1, 0.15) is 5.41 Å². The van der Waals surface area contributed by atoms with Gasteiger partial charge < -0.3 is 9.84 Å². The van der Waals surface area contributed by atoms with Crippen LogP contribution in [-0.2, 0) is 14.3 Å². The second-order valence-corrected chi connectivity index (χ2v) is 4.37. The number of carbonyl (C=O) groups is 2. The summed E-state index contributed by atoms with van der Waals surface area (Å²) in [4.78, 5) is 22.8. The molecular formula is C10H14O4. The van der Waals surface area contributed by atoms with Gasteiger partial charge in [0.2, 0.25) is 0 Å². The molecule has 3 aliphatic rings. The minimum absolute atomic E-state index is 0.149. The maximum Gasteiger partial charge on any atom is 0.317 e. The second-order valence-electron chi connectivity index (χ2n) is 4.37. The van der Waals surface area contributed by atoms with Crippen LogP contribution in [0.1, 0.15) is 32.1 Å². The molecule has 0 aromatic heterocycles. The molecule has 0 unspecified atom stereocenters. The van der Waals surface area contributed by atoms with Gasteiger partial charge in [-0.15, -0.1) is 0 Å². The number of carbonyl (C=O) groups excluding carboxylic acids is 1. The van der Waals surface area contributed by atoms with Crippen LogP contribution in [0.15, 0.2) is 0 Å². The standard InChI is InChI=1S/C10H14O4/c1-14-9-2-4-10(5-3-9,8(12)13)7(11)6-9/h2-6H2,1H3,(H,12,13). The Morgan fingerprint density at radius 3 is 2.29 bits per heavy atom. The van der Waals surface area contributed by atoms with E-state index in [0.29, 0.717) is 25.7 Å². The van der Waals surface area contributed by atoms with Gasteiger partial charge in [-0.3, -0.25) is 9.59 Å². The Balaban J connectivity index is 2.30. The van der Waals surface area contributed by atoms with Crippen molar-refractivity contribution in [2.45, 2.75) is 37.7 Å². The Bertz CT molecular complexity index is 286. The van der Waals surface area contributed by atoms with Crippen LogP contribution in [0.4, 0.5) is 0 Å². The van der Waals surface area contributed by atoms with Gasteiger partial charge in [-0.2, -0.15) is 0 Å². The molecule has 0 radical (unpaired) electrons. The van der Waals surface area contributed by atoms with Crippen molar-refractivity contribution < 1.29 is 19.4 Å². The monoisotopic (exact) mass is 198 g/mol. The molecule has 4 heteroatoms. The van der Waals surface area contributed by atoms with Crippen LogP contribution in [0.5, 0.6) is 0 Å². The zero-order chi connectivity index (χ0) is 10.4. The molecule has 0 amide bonds. The first-order chi connectivity index (χ1) is 6.55. The molecule has 78 valence electrons. The molecule has 3 rings (SSSR count). The maximum atomic E-state index is 11.7. The number of aliphatic carboxylic acids is 1. The molecule has 2 bridgehead atoms. The van der Waals surface area contributed by atoms with E-state index in [1.165, 1.54) is 0 Å². The summed E-state index contributed by atoms with van der Waals surface area (Å²) in [6.45, 7) is 0. The Morgan fingerprint density at radius 2 is 1.93 bits per heavy atom. The number of rotatable bonds is 2. The summed E-state index contributed by atoms with van der Waals surface area (Å²) in [6, 6.07) is 0. The van der Waals surface area contributed by atoms with Crippen molar-refractivity contribution >= 4 is 11.8 Å². The lowest BCUT2D eigenvalue weighted by molar-refractivity contribution is -0.176. The summed E-state index contributed by atoms with van der Waals surface area (Å²) in [6.07, 6.45) is 2.54. The van der Waals surface area contributed by atoms with Gasteiger partial charge in [-0.25, -0.2) is 0 Å². The molecule has 14 heavy (non-hydrogen) atoms. The molecule has 0 aromatic carbocycles. The van der Waals surface area contributed by atoms with Crippen molar-refractivity contribution in [1.82, 2.24) is 0 Å². The molecule has 4 nitrogen and oxygen atoms in total. The average Bonchev–Trinajstić information content (AvgIpc) is 2.19. The van der Waals surface area contributed by atoms with Crippen molar-refractivity contribution in [2.75, 3.05) is 7.11 Å². The van der Waals surface area contributed by atoms with E-state index in [1.54, 1.807) is 7.11 Å². The van der Waals surface area contributed by atoms with E-state index in [0.717, 1.165) is 0 Å². The zero-order valence-corrected chi connectivity index (χ0v) is 8.21. The first-order valence-corrected chi connectivity index (χ1v) is 4.87. The van der Waals surface area contributed by atoms with Crippen LogP contribution in [0.3, 0.4) is 0 Å². The summed E-state index contributed by atoms with van der Waals surface area (Å²) >= 11 is 0. The van der Waals surface area contributed by atoms with Gasteiger partial charge in [0.15, 0.2) is 5.78 Å². The highest BCUT2D eigenvalue weighted by molar-refractivity contribution is 6.04. The fraction of sp³-hybridized carbons (Fsp3) is 0.800. The number of fused-ring (bicyclic) bond motifs is 3. The normalized spacial score (nSPS) is 41.4. The van der Waals surface area contributed by atoms with Crippen LogP contribution in [0, 0.1) is 5.41 Å². The van der Waals surface area contributed by atoms with E-state index < -0.39 is 11.4 Å². The Labute approximate surface area is 82.2 Å². The minimum atomic E-state index is -1.08. The van der Waals surface area contributed by atoms with Crippen molar-refractivity contribution in [2.24, 2.45) is 5.41 Å². The summed E-state index contributed by atoms with van der Waals surface area (Å²) in [7, 11) is 1.60. The molecule has 0 spiro atoms. The van der Waals surface area contributed by atoms with Gasteiger partial charge in [-0.1, -0.05) is 0 Å². The van der Waals surface area contributed by atoms with Crippen LogP contribution < -0.4 is 0 Å². The van der Waals surface area contributed by atoms with Gasteiger partial charge >= 0.3 is 5.97 Å². The number of methoxy groups -OCH3 is 1. The number of carboxylic acids is 1. The number of hydrogen-bond acceptors (Lipinski definition) is 3. The van der Waals surface area contributed by atoms with E-state index in [4.69, 9.17) is 9.84 Å². The highest BCUT2D eigenvalue weighted by Gasteiger charge is 2.58. The highest BCUT2D eigenvalue weighted by atomic mass is 16.5. The largest absolute Gasteiger partial charge is 0.480 e. The topological polar surface area (TPSA) is 63.6 Å². The number of ether oxygens (including phenoxy) is 1. The number of carboxylic acid groups (broad SMARTS) is 1. The Morgan fingerprint density at radius 1 is 1.36 bits per heavy atom. The summed E-state index contributed by atoms with van der Waals surface area (Å²) < 4.78 is 5.35. The Kier molecular flexibility index (Phi) is 1.93. The van der Waals surface area contributed by atoms with E-state index in [9.17, 15) is 9.59 Å².